The molecule has 0 heterocycles. The van der Waals surface area contributed by atoms with Crippen molar-refractivity contribution in [1.29, 1.82) is 0 Å². The monoisotopic (exact) mass is 300 g/mol. The lowest BCUT2D eigenvalue weighted by Gasteiger charge is -2.47. The van der Waals surface area contributed by atoms with Gasteiger partial charge in [0.15, 0.2) is 0 Å². The van der Waals surface area contributed by atoms with Gasteiger partial charge >= 0.3 is 5.97 Å². The van der Waals surface area contributed by atoms with E-state index < -0.39 is 0 Å². The molecule has 0 bridgehead atoms. The zero-order valence-corrected chi connectivity index (χ0v) is 14.9. The molecular formula is C17H34NO3+. The van der Waals surface area contributed by atoms with Gasteiger partial charge in [-0.05, 0) is 67.7 Å². The van der Waals surface area contributed by atoms with Crippen LogP contribution in [0.4, 0.5) is 0 Å². The van der Waals surface area contributed by atoms with Crippen LogP contribution in [0, 0.1) is 5.92 Å². The average molecular weight is 300 g/mol. The minimum atomic E-state index is -0.0552. The van der Waals surface area contributed by atoms with Crippen molar-refractivity contribution in [1.82, 2.24) is 0 Å². The Bertz CT molecular complexity index is 317. The number of rotatable bonds is 7. The minimum absolute atomic E-state index is 0.0170. The Labute approximate surface area is 130 Å². The van der Waals surface area contributed by atoms with Crippen LogP contribution >= 0.6 is 0 Å². The quantitative estimate of drug-likeness (QED) is 0.408. The van der Waals surface area contributed by atoms with Crippen molar-refractivity contribution < 1.29 is 19.0 Å². The molecule has 1 aliphatic rings. The van der Waals surface area contributed by atoms with Gasteiger partial charge in [0, 0.05) is 0 Å². The molecule has 0 amide bonds. The third-order valence-electron chi connectivity index (χ3n) is 4.76. The number of esters is 1. The summed E-state index contributed by atoms with van der Waals surface area (Å²) in [5.74, 6) is -0.0383. The first-order chi connectivity index (χ1) is 9.75. The van der Waals surface area contributed by atoms with Crippen molar-refractivity contribution in [2.45, 2.75) is 92.0 Å². The summed E-state index contributed by atoms with van der Waals surface area (Å²) in [5.41, 5.74) is 0. The summed E-state index contributed by atoms with van der Waals surface area (Å²) in [7, 11) is 0. The number of carbonyl (C=O) groups excluding carboxylic acids is 1. The van der Waals surface area contributed by atoms with Crippen LogP contribution in [0.5, 0.6) is 0 Å². The van der Waals surface area contributed by atoms with Gasteiger partial charge in [0.1, 0.15) is 24.2 Å². The molecule has 21 heavy (non-hydrogen) atoms. The van der Waals surface area contributed by atoms with Crippen molar-refractivity contribution >= 4 is 5.97 Å². The maximum atomic E-state index is 11.9. The number of quaternary nitrogens is 1. The molecular weight excluding hydrogens is 266 g/mol. The molecule has 0 saturated heterocycles. The summed E-state index contributed by atoms with van der Waals surface area (Å²) in [6, 6.07) is 1.19. The van der Waals surface area contributed by atoms with E-state index in [1.54, 1.807) is 0 Å². The molecule has 2 atom stereocenters. The summed E-state index contributed by atoms with van der Waals surface area (Å²) in [6.07, 6.45) is 2.80. The summed E-state index contributed by atoms with van der Waals surface area (Å²) < 4.78 is 5.80. The Balaban J connectivity index is 2.76. The third kappa shape index (κ3) is 3.98. The van der Waals surface area contributed by atoms with E-state index in [2.05, 4.69) is 41.5 Å². The first-order valence-corrected chi connectivity index (χ1v) is 8.48. The van der Waals surface area contributed by atoms with Gasteiger partial charge in [-0.25, -0.2) is 0 Å². The van der Waals surface area contributed by atoms with Gasteiger partial charge in [0.25, 0.3) is 0 Å². The Morgan fingerprint density at radius 1 is 1.05 bits per heavy atom. The third-order valence-corrected chi connectivity index (χ3v) is 4.76. The summed E-state index contributed by atoms with van der Waals surface area (Å²) in [6.45, 7) is 15.6. The summed E-state index contributed by atoms with van der Waals surface area (Å²) in [4.78, 5) is 18.4. The topological polar surface area (TPSA) is 35.5 Å². The molecule has 1 saturated carbocycles. The van der Waals surface area contributed by atoms with E-state index in [-0.39, 0.29) is 18.0 Å². The van der Waals surface area contributed by atoms with Crippen molar-refractivity contribution in [3.05, 3.63) is 0 Å². The Morgan fingerprint density at radius 3 is 2.00 bits per heavy atom. The molecule has 1 rings (SSSR count). The molecule has 0 aromatic carbocycles. The molecule has 4 nitrogen and oxygen atoms in total. The van der Waals surface area contributed by atoms with Gasteiger partial charge in [-0.3, -0.25) is 4.79 Å². The van der Waals surface area contributed by atoms with Gasteiger partial charge in [0.05, 0.1) is 12.5 Å². The predicted octanol–water partition coefficient (Wildman–Crippen LogP) is 3.69. The molecule has 0 radical (unpaired) electrons. The maximum Gasteiger partial charge on any atom is 0.309 e. The SMILES string of the molecule is CCOC(=O)C1CCC(O[N+](C(C)C)(C(C)C)C(C)C)C1. The fourth-order valence-electron chi connectivity index (χ4n) is 3.92. The fourth-order valence-corrected chi connectivity index (χ4v) is 3.92. The van der Waals surface area contributed by atoms with Crippen molar-refractivity contribution in [2.24, 2.45) is 5.92 Å². The van der Waals surface area contributed by atoms with Crippen LogP contribution in [0.1, 0.15) is 67.7 Å². The first-order valence-electron chi connectivity index (χ1n) is 8.48. The lowest BCUT2D eigenvalue weighted by Crippen LogP contribution is -2.62. The number of hydrogen-bond donors (Lipinski definition) is 0. The highest BCUT2D eigenvalue weighted by Crippen LogP contribution is 2.35. The predicted molar refractivity (Wildman–Crippen MR) is 84.5 cm³/mol. The molecule has 4 heteroatoms. The van der Waals surface area contributed by atoms with E-state index >= 15 is 0 Å². The number of nitrogens with zero attached hydrogens (tertiary/aromatic N) is 1. The van der Waals surface area contributed by atoms with Gasteiger partial charge in [-0.2, -0.15) is 9.48 Å². The number of carbonyl (C=O) groups is 1. The lowest BCUT2D eigenvalue weighted by atomic mass is 10.1. The van der Waals surface area contributed by atoms with E-state index in [0.29, 0.717) is 29.4 Å². The average Bonchev–Trinajstić information content (AvgIpc) is 2.83. The molecule has 1 fully saturated rings. The standard InChI is InChI=1S/C17H34NO3/c1-8-20-17(19)15-9-10-16(11-15)21-18(12(2)3,13(4)5)14(6)7/h12-16H,8-11H2,1-7H3/q+1. The van der Waals surface area contributed by atoms with Gasteiger partial charge in [0.2, 0.25) is 0 Å². The van der Waals surface area contributed by atoms with Crippen LogP contribution in [-0.2, 0) is 14.4 Å². The molecule has 2 unspecified atom stereocenters. The van der Waals surface area contributed by atoms with Crippen LogP contribution in [0.3, 0.4) is 0 Å². The summed E-state index contributed by atoms with van der Waals surface area (Å²) >= 11 is 0. The van der Waals surface area contributed by atoms with Crippen molar-refractivity contribution in [3.63, 3.8) is 0 Å². The maximum absolute atomic E-state index is 11.9. The van der Waals surface area contributed by atoms with Crippen molar-refractivity contribution in [3.8, 4) is 0 Å². The Kier molecular flexibility index (Phi) is 6.67. The van der Waals surface area contributed by atoms with Crippen LogP contribution in [-0.4, -0.2) is 41.5 Å². The highest BCUT2D eigenvalue weighted by atomic mass is 16.7. The van der Waals surface area contributed by atoms with Gasteiger partial charge < -0.3 is 4.74 Å². The number of hydroxylamine groups is 3. The van der Waals surface area contributed by atoms with Gasteiger partial charge in [-0.1, -0.05) is 0 Å². The van der Waals surface area contributed by atoms with Gasteiger partial charge in [-0.15, -0.1) is 0 Å². The largest absolute Gasteiger partial charge is 0.466 e. The minimum Gasteiger partial charge on any atom is -0.466 e. The molecule has 0 N–H and O–H groups in total. The fraction of sp³-hybridized carbons (Fsp3) is 0.941. The highest BCUT2D eigenvalue weighted by molar-refractivity contribution is 5.72. The molecule has 0 aliphatic heterocycles. The van der Waals surface area contributed by atoms with E-state index in [9.17, 15) is 4.79 Å². The molecule has 1 aliphatic carbocycles. The number of hydrogen-bond acceptors (Lipinski definition) is 3. The first kappa shape index (κ1) is 18.4. The molecule has 0 aromatic heterocycles. The highest BCUT2D eigenvalue weighted by Gasteiger charge is 2.45. The molecule has 0 aromatic rings. The Morgan fingerprint density at radius 2 is 1.57 bits per heavy atom. The summed E-state index contributed by atoms with van der Waals surface area (Å²) in [5, 5.41) is 0. The smallest absolute Gasteiger partial charge is 0.309 e. The lowest BCUT2D eigenvalue weighted by molar-refractivity contribution is -1.15. The van der Waals surface area contributed by atoms with E-state index in [4.69, 9.17) is 9.57 Å². The second-order valence-corrected chi connectivity index (χ2v) is 7.03. The van der Waals surface area contributed by atoms with Crippen LogP contribution in [0.25, 0.3) is 0 Å². The normalized spacial score (nSPS) is 23.3. The Hall–Kier alpha value is -0.610. The van der Waals surface area contributed by atoms with E-state index in [1.807, 2.05) is 6.92 Å². The zero-order chi connectivity index (χ0) is 16.2. The van der Waals surface area contributed by atoms with Crippen LogP contribution < -0.4 is 0 Å². The van der Waals surface area contributed by atoms with Crippen molar-refractivity contribution in [2.75, 3.05) is 6.61 Å². The van der Waals surface area contributed by atoms with Crippen LogP contribution in [0.15, 0.2) is 0 Å². The molecule has 0 spiro atoms. The van der Waals surface area contributed by atoms with Crippen LogP contribution in [0.2, 0.25) is 0 Å². The second-order valence-electron chi connectivity index (χ2n) is 7.03. The second kappa shape index (κ2) is 7.59. The van der Waals surface area contributed by atoms with E-state index in [0.717, 1.165) is 19.3 Å². The van der Waals surface area contributed by atoms with E-state index in [1.165, 1.54) is 0 Å². The number of ether oxygens (including phenoxy) is 1. The molecule has 124 valence electrons. The zero-order valence-electron chi connectivity index (χ0n) is 14.9.